The molecule has 2 N–H and O–H groups in total. The molecule has 2 nitrogen and oxygen atoms in total. The molecule has 1 heterocycles. The van der Waals surface area contributed by atoms with Crippen LogP contribution in [0.2, 0.25) is 0 Å². The molecule has 0 fully saturated rings. The summed E-state index contributed by atoms with van der Waals surface area (Å²) in [6.45, 7) is 2.16. The summed E-state index contributed by atoms with van der Waals surface area (Å²) < 4.78 is 5.78. The number of hydrogen-bond donors (Lipinski definition) is 1. The van der Waals surface area contributed by atoms with Gasteiger partial charge in [0, 0.05) is 11.3 Å². The number of nitrogens with two attached hydrogens (primary N) is 1. The van der Waals surface area contributed by atoms with Crippen molar-refractivity contribution in [1.82, 2.24) is 0 Å². The molecule has 2 heteroatoms. The number of fused-ring (bicyclic) bond motifs is 1. The molecule has 1 aromatic carbocycles. The SMILES string of the molecule is CCCC1C=Cc2cc(N)ccc2O1. The van der Waals surface area contributed by atoms with Crippen LogP contribution in [-0.4, -0.2) is 6.10 Å². The van der Waals surface area contributed by atoms with E-state index < -0.39 is 0 Å². The molecule has 74 valence electrons. The fraction of sp³-hybridized carbons (Fsp3) is 0.333. The molecule has 1 atom stereocenters. The molecular formula is C12H15NO. The Labute approximate surface area is 84.4 Å². The predicted octanol–water partition coefficient (Wildman–Crippen LogP) is 2.84. The van der Waals surface area contributed by atoms with Crippen LogP contribution in [-0.2, 0) is 0 Å². The average Bonchev–Trinajstić information content (AvgIpc) is 2.19. The van der Waals surface area contributed by atoms with Gasteiger partial charge in [0.1, 0.15) is 11.9 Å². The van der Waals surface area contributed by atoms with Gasteiger partial charge in [0.05, 0.1) is 0 Å². The van der Waals surface area contributed by atoms with E-state index in [1.54, 1.807) is 0 Å². The van der Waals surface area contributed by atoms with Crippen LogP contribution in [0.3, 0.4) is 0 Å². The van der Waals surface area contributed by atoms with Gasteiger partial charge in [0.25, 0.3) is 0 Å². The molecule has 14 heavy (non-hydrogen) atoms. The molecule has 0 aliphatic carbocycles. The summed E-state index contributed by atoms with van der Waals surface area (Å²) in [5.74, 6) is 0.945. The summed E-state index contributed by atoms with van der Waals surface area (Å²) in [6.07, 6.45) is 6.64. The Morgan fingerprint density at radius 3 is 3.07 bits per heavy atom. The van der Waals surface area contributed by atoms with E-state index in [0.29, 0.717) is 0 Å². The van der Waals surface area contributed by atoms with Crippen LogP contribution in [0.25, 0.3) is 6.08 Å². The second-order valence-corrected chi connectivity index (χ2v) is 3.60. The van der Waals surface area contributed by atoms with Crippen LogP contribution < -0.4 is 10.5 Å². The van der Waals surface area contributed by atoms with Gasteiger partial charge in [-0.25, -0.2) is 0 Å². The topological polar surface area (TPSA) is 35.2 Å². The molecule has 1 aliphatic rings. The number of rotatable bonds is 2. The fourth-order valence-electron chi connectivity index (χ4n) is 1.66. The van der Waals surface area contributed by atoms with Crippen molar-refractivity contribution in [3.63, 3.8) is 0 Å². The molecule has 0 aromatic heterocycles. The Morgan fingerprint density at radius 2 is 2.29 bits per heavy atom. The van der Waals surface area contributed by atoms with Crippen LogP contribution >= 0.6 is 0 Å². The minimum absolute atomic E-state index is 0.233. The Bertz CT molecular complexity index is 357. The third-order valence-electron chi connectivity index (χ3n) is 2.38. The minimum atomic E-state index is 0.233. The highest BCUT2D eigenvalue weighted by molar-refractivity contribution is 5.64. The molecule has 1 aromatic rings. The first-order valence-electron chi connectivity index (χ1n) is 5.04. The first kappa shape index (κ1) is 9.13. The third kappa shape index (κ3) is 1.74. The van der Waals surface area contributed by atoms with Crippen LogP contribution in [0.1, 0.15) is 25.3 Å². The fourth-order valence-corrected chi connectivity index (χ4v) is 1.66. The highest BCUT2D eigenvalue weighted by Gasteiger charge is 2.13. The van der Waals surface area contributed by atoms with Gasteiger partial charge in [0.2, 0.25) is 0 Å². The zero-order valence-corrected chi connectivity index (χ0v) is 8.36. The van der Waals surface area contributed by atoms with E-state index in [1.165, 1.54) is 0 Å². The first-order chi connectivity index (χ1) is 6.79. The van der Waals surface area contributed by atoms with E-state index >= 15 is 0 Å². The number of nitrogen functional groups attached to an aromatic ring is 1. The minimum Gasteiger partial charge on any atom is -0.486 e. The van der Waals surface area contributed by atoms with Crippen molar-refractivity contribution < 1.29 is 4.74 Å². The molecule has 0 saturated carbocycles. The second kappa shape index (κ2) is 3.74. The standard InChI is InChI=1S/C12H15NO/c1-2-3-11-6-4-9-8-10(13)5-7-12(9)14-11/h4-8,11H,2-3,13H2,1H3. The molecule has 2 rings (SSSR count). The van der Waals surface area contributed by atoms with Gasteiger partial charge in [-0.1, -0.05) is 19.4 Å². The molecule has 0 saturated heterocycles. The van der Waals surface area contributed by atoms with Crippen molar-refractivity contribution >= 4 is 11.8 Å². The van der Waals surface area contributed by atoms with Gasteiger partial charge in [-0.3, -0.25) is 0 Å². The quantitative estimate of drug-likeness (QED) is 0.726. The van der Waals surface area contributed by atoms with Crippen LogP contribution in [0.15, 0.2) is 24.3 Å². The molecule has 1 unspecified atom stereocenters. The van der Waals surface area contributed by atoms with Gasteiger partial charge in [-0.15, -0.1) is 0 Å². The maximum atomic E-state index is 5.78. The van der Waals surface area contributed by atoms with Gasteiger partial charge >= 0.3 is 0 Å². The van der Waals surface area contributed by atoms with Crippen molar-refractivity contribution in [2.24, 2.45) is 0 Å². The number of hydrogen-bond acceptors (Lipinski definition) is 2. The lowest BCUT2D eigenvalue weighted by atomic mass is 10.1. The summed E-state index contributed by atoms with van der Waals surface area (Å²) in [5, 5.41) is 0. The average molecular weight is 189 g/mol. The van der Waals surface area contributed by atoms with Crippen molar-refractivity contribution in [1.29, 1.82) is 0 Å². The summed E-state index contributed by atoms with van der Waals surface area (Å²) in [7, 11) is 0. The normalized spacial score (nSPS) is 18.8. The van der Waals surface area contributed by atoms with Crippen LogP contribution in [0.5, 0.6) is 5.75 Å². The highest BCUT2D eigenvalue weighted by Crippen LogP contribution is 2.28. The van der Waals surface area contributed by atoms with Crippen LogP contribution in [0.4, 0.5) is 5.69 Å². The van der Waals surface area contributed by atoms with E-state index in [0.717, 1.165) is 29.8 Å². The first-order valence-corrected chi connectivity index (χ1v) is 5.04. The summed E-state index contributed by atoms with van der Waals surface area (Å²) in [6, 6.07) is 5.76. The molecule has 0 bridgehead atoms. The van der Waals surface area contributed by atoms with Gasteiger partial charge in [-0.2, -0.15) is 0 Å². The zero-order chi connectivity index (χ0) is 9.97. The molecule has 1 aliphatic heterocycles. The number of benzene rings is 1. The summed E-state index contributed by atoms with van der Waals surface area (Å²) in [5.41, 5.74) is 7.55. The van der Waals surface area contributed by atoms with Crippen molar-refractivity contribution in [2.45, 2.75) is 25.9 Å². The van der Waals surface area contributed by atoms with E-state index in [1.807, 2.05) is 18.2 Å². The Balaban J connectivity index is 2.23. The van der Waals surface area contributed by atoms with Gasteiger partial charge < -0.3 is 10.5 Å². The maximum Gasteiger partial charge on any atom is 0.127 e. The lowest BCUT2D eigenvalue weighted by molar-refractivity contribution is 0.234. The highest BCUT2D eigenvalue weighted by atomic mass is 16.5. The molecular weight excluding hydrogens is 174 g/mol. The predicted molar refractivity (Wildman–Crippen MR) is 59.2 cm³/mol. The largest absolute Gasteiger partial charge is 0.486 e. The summed E-state index contributed by atoms with van der Waals surface area (Å²) in [4.78, 5) is 0. The number of anilines is 1. The smallest absolute Gasteiger partial charge is 0.127 e. The lowest BCUT2D eigenvalue weighted by Gasteiger charge is -2.21. The van der Waals surface area contributed by atoms with E-state index in [2.05, 4.69) is 19.1 Å². The van der Waals surface area contributed by atoms with Crippen LogP contribution in [0, 0.1) is 0 Å². The van der Waals surface area contributed by atoms with Gasteiger partial charge in [-0.05, 0) is 30.7 Å². The number of ether oxygens (including phenoxy) is 1. The zero-order valence-electron chi connectivity index (χ0n) is 8.36. The maximum absolute atomic E-state index is 5.78. The molecule has 0 amide bonds. The Kier molecular flexibility index (Phi) is 2.44. The third-order valence-corrected chi connectivity index (χ3v) is 2.38. The second-order valence-electron chi connectivity index (χ2n) is 3.60. The Hall–Kier alpha value is -1.44. The van der Waals surface area contributed by atoms with Crippen molar-refractivity contribution in [2.75, 3.05) is 5.73 Å². The summed E-state index contributed by atoms with van der Waals surface area (Å²) >= 11 is 0. The van der Waals surface area contributed by atoms with Crippen molar-refractivity contribution in [3.05, 3.63) is 29.8 Å². The van der Waals surface area contributed by atoms with Crippen molar-refractivity contribution in [3.8, 4) is 5.75 Å². The van der Waals surface area contributed by atoms with E-state index in [-0.39, 0.29) is 6.10 Å². The lowest BCUT2D eigenvalue weighted by Crippen LogP contribution is -2.16. The van der Waals surface area contributed by atoms with E-state index in [9.17, 15) is 0 Å². The monoisotopic (exact) mass is 189 g/mol. The molecule has 0 spiro atoms. The van der Waals surface area contributed by atoms with Gasteiger partial charge in [0.15, 0.2) is 0 Å². The Morgan fingerprint density at radius 1 is 1.43 bits per heavy atom. The van der Waals surface area contributed by atoms with E-state index in [4.69, 9.17) is 10.5 Å². The molecule has 0 radical (unpaired) electrons.